The molecule has 0 spiro atoms. The first kappa shape index (κ1) is 17.0. The van der Waals surface area contributed by atoms with Gasteiger partial charge >= 0.3 is 13.8 Å². The molecule has 0 unspecified atom stereocenters. The molecule has 0 N–H and O–H groups in total. The van der Waals surface area contributed by atoms with E-state index in [9.17, 15) is 17.7 Å². The van der Waals surface area contributed by atoms with Crippen molar-refractivity contribution in [3.8, 4) is 0 Å². The Morgan fingerprint density at radius 2 is 1.80 bits per heavy atom. The summed E-state index contributed by atoms with van der Waals surface area (Å²) in [5.74, 6) is 1.18. The third kappa shape index (κ3) is 5.12. The van der Waals surface area contributed by atoms with Crippen LogP contribution in [0.15, 0.2) is 30.1 Å². The fraction of sp³-hybridized carbons (Fsp3) is 0.385. The minimum Gasteiger partial charge on any atom is -0.306 e. The molecule has 0 radical (unpaired) electrons. The molecule has 0 saturated heterocycles. The maximum absolute atomic E-state index is 12.6. The molecular weight excluding hydrogens is 292 g/mol. The molecule has 0 saturated carbocycles. The molecule has 3 nitrogen and oxygen atoms in total. The van der Waals surface area contributed by atoms with Gasteiger partial charge in [0.25, 0.3) is 0 Å². The van der Waals surface area contributed by atoms with Crippen molar-refractivity contribution in [2.45, 2.75) is 20.0 Å². The molecule has 112 valence electrons. The van der Waals surface area contributed by atoms with E-state index < -0.39 is 19.3 Å². The molecule has 0 aliphatic carbocycles. The van der Waals surface area contributed by atoms with Crippen molar-refractivity contribution in [3.05, 3.63) is 41.2 Å². The normalized spacial score (nSPS) is 13.1. The lowest BCUT2D eigenvalue weighted by Gasteiger charge is -2.12. The summed E-state index contributed by atoms with van der Waals surface area (Å²) < 4.78 is 59.8. The van der Waals surface area contributed by atoms with Gasteiger partial charge < -0.3 is 9.05 Å². The molecule has 0 amide bonds. The van der Waals surface area contributed by atoms with E-state index in [1.54, 1.807) is 13.8 Å². The minimum absolute atomic E-state index is 0.185. The highest BCUT2D eigenvalue weighted by atomic mass is 31.2. The Labute approximate surface area is 115 Å². The van der Waals surface area contributed by atoms with E-state index in [1.165, 1.54) is 24.0 Å². The molecule has 0 bridgehead atoms. The number of alkyl halides is 3. The number of halogens is 3. The first-order valence-corrected chi connectivity index (χ1v) is 7.67. The van der Waals surface area contributed by atoms with E-state index in [1.807, 2.05) is 0 Å². The highest BCUT2D eigenvalue weighted by molar-refractivity contribution is 7.57. The van der Waals surface area contributed by atoms with Crippen LogP contribution in [0.5, 0.6) is 0 Å². The van der Waals surface area contributed by atoms with Gasteiger partial charge in [0.05, 0.1) is 18.8 Å². The van der Waals surface area contributed by atoms with Crippen molar-refractivity contribution in [3.63, 3.8) is 0 Å². The summed E-state index contributed by atoms with van der Waals surface area (Å²) in [7, 11) is -3.40. The zero-order valence-electron chi connectivity index (χ0n) is 11.2. The first-order valence-electron chi connectivity index (χ1n) is 6.06. The van der Waals surface area contributed by atoms with Crippen molar-refractivity contribution < 1.29 is 26.8 Å². The first-order chi connectivity index (χ1) is 9.30. The van der Waals surface area contributed by atoms with Gasteiger partial charge in [-0.05, 0) is 37.6 Å². The number of hydrogen-bond acceptors (Lipinski definition) is 3. The SMILES string of the molecule is CCOP(=O)(/C=C/c1cccc(C(F)(F)F)c1)OCC. The molecule has 0 heterocycles. The van der Waals surface area contributed by atoms with Gasteiger partial charge in [-0.15, -0.1) is 0 Å². The van der Waals surface area contributed by atoms with Gasteiger partial charge in [-0.2, -0.15) is 13.2 Å². The molecule has 1 rings (SSSR count). The fourth-order valence-electron chi connectivity index (χ4n) is 1.48. The highest BCUT2D eigenvalue weighted by Gasteiger charge is 2.30. The summed E-state index contributed by atoms with van der Waals surface area (Å²) in [5, 5.41) is 0. The van der Waals surface area contributed by atoms with Crippen LogP contribution >= 0.6 is 7.60 Å². The van der Waals surface area contributed by atoms with Gasteiger partial charge in [0.2, 0.25) is 0 Å². The quantitative estimate of drug-likeness (QED) is 0.698. The monoisotopic (exact) mass is 308 g/mol. The van der Waals surface area contributed by atoms with Crippen LogP contribution in [0.2, 0.25) is 0 Å². The van der Waals surface area contributed by atoms with Crippen LogP contribution in [0.25, 0.3) is 6.08 Å². The smallest absolute Gasteiger partial charge is 0.306 e. The van der Waals surface area contributed by atoms with Crippen LogP contribution in [0.1, 0.15) is 25.0 Å². The van der Waals surface area contributed by atoms with Gasteiger partial charge in [0.1, 0.15) is 0 Å². The third-order valence-electron chi connectivity index (χ3n) is 2.28. The molecule has 1 aromatic carbocycles. The van der Waals surface area contributed by atoms with Gasteiger partial charge in [-0.1, -0.05) is 12.1 Å². The van der Waals surface area contributed by atoms with Gasteiger partial charge in [0.15, 0.2) is 0 Å². The highest BCUT2D eigenvalue weighted by Crippen LogP contribution is 2.50. The summed E-state index contributed by atoms with van der Waals surface area (Å²) in [5.41, 5.74) is -0.484. The van der Waals surface area contributed by atoms with Crippen LogP contribution in [0.3, 0.4) is 0 Å². The molecule has 20 heavy (non-hydrogen) atoms. The van der Waals surface area contributed by atoms with E-state index in [4.69, 9.17) is 9.05 Å². The largest absolute Gasteiger partial charge is 0.416 e. The Kier molecular flexibility index (Phi) is 5.99. The molecule has 0 aliphatic rings. The Balaban J connectivity index is 2.97. The second-order valence-electron chi connectivity index (χ2n) is 3.81. The number of rotatable bonds is 6. The fourth-order valence-corrected chi connectivity index (χ4v) is 2.80. The van der Waals surface area contributed by atoms with Crippen LogP contribution in [0.4, 0.5) is 13.2 Å². The lowest BCUT2D eigenvalue weighted by molar-refractivity contribution is -0.137. The summed E-state index contributed by atoms with van der Waals surface area (Å²) in [4.78, 5) is 0. The minimum atomic E-state index is -4.41. The molecule has 1 aromatic rings. The number of hydrogen-bond donors (Lipinski definition) is 0. The Bertz CT molecular complexity index is 502. The van der Waals surface area contributed by atoms with Gasteiger partial charge in [-0.25, -0.2) is 0 Å². The second kappa shape index (κ2) is 7.07. The standard InChI is InChI=1S/C13H16F3O3P/c1-3-18-20(17,19-4-2)9-8-11-6-5-7-12(10-11)13(14,15)16/h5-10H,3-4H2,1-2H3/b9-8+. The van der Waals surface area contributed by atoms with Crippen molar-refractivity contribution in [1.29, 1.82) is 0 Å². The van der Waals surface area contributed by atoms with E-state index in [0.717, 1.165) is 12.1 Å². The van der Waals surface area contributed by atoms with Crippen molar-refractivity contribution in [1.82, 2.24) is 0 Å². The topological polar surface area (TPSA) is 35.5 Å². The zero-order valence-corrected chi connectivity index (χ0v) is 12.1. The maximum atomic E-state index is 12.6. The van der Waals surface area contributed by atoms with Crippen molar-refractivity contribution >= 4 is 13.7 Å². The predicted molar refractivity (Wildman–Crippen MR) is 71.3 cm³/mol. The summed E-state index contributed by atoms with van der Waals surface area (Å²) in [6.45, 7) is 3.68. The summed E-state index contributed by atoms with van der Waals surface area (Å²) >= 11 is 0. The molecular formula is C13H16F3O3P. The summed E-state index contributed by atoms with van der Waals surface area (Å²) in [6, 6.07) is 4.71. The van der Waals surface area contributed by atoms with Gasteiger partial charge in [0, 0.05) is 5.82 Å². The molecule has 7 heteroatoms. The molecule has 0 fully saturated rings. The maximum Gasteiger partial charge on any atom is 0.416 e. The average Bonchev–Trinajstić information content (AvgIpc) is 2.36. The molecule has 0 atom stereocenters. The molecule has 0 aliphatic heterocycles. The van der Waals surface area contributed by atoms with E-state index >= 15 is 0 Å². The second-order valence-corrected chi connectivity index (χ2v) is 5.71. The van der Waals surface area contributed by atoms with E-state index in [0.29, 0.717) is 0 Å². The van der Waals surface area contributed by atoms with Crippen molar-refractivity contribution in [2.24, 2.45) is 0 Å². The van der Waals surface area contributed by atoms with Crippen LogP contribution in [-0.2, 0) is 19.8 Å². The third-order valence-corrected chi connectivity index (χ3v) is 4.03. The number of benzene rings is 1. The lowest BCUT2D eigenvalue weighted by atomic mass is 10.1. The Morgan fingerprint density at radius 1 is 1.20 bits per heavy atom. The summed E-state index contributed by atoms with van der Waals surface area (Å²) in [6.07, 6.45) is -3.10. The average molecular weight is 308 g/mol. The van der Waals surface area contributed by atoms with E-state index in [-0.39, 0.29) is 18.8 Å². The predicted octanol–water partition coefficient (Wildman–Crippen LogP) is 4.94. The van der Waals surface area contributed by atoms with Crippen LogP contribution < -0.4 is 0 Å². The van der Waals surface area contributed by atoms with Crippen LogP contribution in [-0.4, -0.2) is 13.2 Å². The van der Waals surface area contributed by atoms with Crippen LogP contribution in [0, 0.1) is 0 Å². The van der Waals surface area contributed by atoms with E-state index in [2.05, 4.69) is 0 Å². The molecule has 0 aromatic heterocycles. The van der Waals surface area contributed by atoms with Gasteiger partial charge in [-0.3, -0.25) is 4.57 Å². The zero-order chi connectivity index (χ0) is 15.2. The Morgan fingerprint density at radius 3 is 2.30 bits per heavy atom. The lowest BCUT2D eigenvalue weighted by Crippen LogP contribution is -2.04. The van der Waals surface area contributed by atoms with Crippen molar-refractivity contribution in [2.75, 3.05) is 13.2 Å². The Hall–Kier alpha value is -1.10.